The van der Waals surface area contributed by atoms with Gasteiger partial charge in [0.25, 0.3) is 5.69 Å². The van der Waals surface area contributed by atoms with E-state index in [1.807, 2.05) is 0 Å². The molecular formula is C16H11BrN2O5. The highest BCUT2D eigenvalue weighted by Gasteiger charge is 2.15. The van der Waals surface area contributed by atoms with Crippen molar-refractivity contribution in [1.82, 2.24) is 4.57 Å². The summed E-state index contributed by atoms with van der Waals surface area (Å²) < 4.78 is 7.19. The Kier molecular flexibility index (Phi) is 4.22. The third-order valence-corrected chi connectivity index (χ3v) is 3.94. The standard InChI is InChI=1S/C16H11BrN2O5/c17-11-3-6-14-13(7-11)15(20)8-18(14)16(21)24-9-10-1-4-12(5-2-10)19(22)23/h1-8,20H,9H2. The number of aromatic hydroxyl groups is 1. The molecule has 0 unspecified atom stereocenters. The van der Waals surface area contributed by atoms with Gasteiger partial charge in [-0.05, 0) is 35.9 Å². The van der Waals surface area contributed by atoms with Gasteiger partial charge in [0.15, 0.2) is 0 Å². The third-order valence-electron chi connectivity index (χ3n) is 3.45. The van der Waals surface area contributed by atoms with Gasteiger partial charge in [0.1, 0.15) is 12.4 Å². The fourth-order valence-corrected chi connectivity index (χ4v) is 2.63. The van der Waals surface area contributed by atoms with Gasteiger partial charge in [-0.25, -0.2) is 9.36 Å². The van der Waals surface area contributed by atoms with Crippen LogP contribution in [-0.2, 0) is 11.3 Å². The van der Waals surface area contributed by atoms with Gasteiger partial charge in [-0.2, -0.15) is 0 Å². The van der Waals surface area contributed by atoms with Crippen LogP contribution in [0, 0.1) is 10.1 Å². The van der Waals surface area contributed by atoms with Crippen molar-refractivity contribution in [3.05, 3.63) is 68.8 Å². The highest BCUT2D eigenvalue weighted by atomic mass is 79.9. The number of carbonyl (C=O) groups excluding carboxylic acids is 1. The average Bonchev–Trinajstić information content (AvgIpc) is 2.89. The van der Waals surface area contributed by atoms with E-state index < -0.39 is 11.0 Å². The molecule has 8 heteroatoms. The maximum absolute atomic E-state index is 12.2. The number of nitro groups is 1. The second kappa shape index (κ2) is 6.32. The predicted octanol–water partition coefficient (Wildman–Crippen LogP) is 4.20. The molecule has 24 heavy (non-hydrogen) atoms. The normalized spacial score (nSPS) is 10.7. The van der Waals surface area contributed by atoms with Gasteiger partial charge in [-0.3, -0.25) is 10.1 Å². The van der Waals surface area contributed by atoms with E-state index in [1.54, 1.807) is 18.2 Å². The summed E-state index contributed by atoms with van der Waals surface area (Å²) in [6.07, 6.45) is 0.635. The number of nitro benzene ring substituents is 1. The number of benzene rings is 2. The van der Waals surface area contributed by atoms with E-state index in [0.717, 1.165) is 4.47 Å². The monoisotopic (exact) mass is 390 g/mol. The van der Waals surface area contributed by atoms with E-state index >= 15 is 0 Å². The zero-order chi connectivity index (χ0) is 17.3. The quantitative estimate of drug-likeness (QED) is 0.533. The molecule has 3 aromatic rings. The molecule has 122 valence electrons. The Hall–Kier alpha value is -2.87. The van der Waals surface area contributed by atoms with Crippen molar-refractivity contribution in [1.29, 1.82) is 0 Å². The summed E-state index contributed by atoms with van der Waals surface area (Å²) in [4.78, 5) is 22.3. The third kappa shape index (κ3) is 3.09. The zero-order valence-electron chi connectivity index (χ0n) is 12.2. The lowest BCUT2D eigenvalue weighted by Crippen LogP contribution is -2.12. The summed E-state index contributed by atoms with van der Waals surface area (Å²) >= 11 is 3.31. The lowest BCUT2D eigenvalue weighted by atomic mass is 10.2. The molecule has 0 aliphatic rings. The minimum atomic E-state index is -0.652. The maximum atomic E-state index is 12.2. The van der Waals surface area contributed by atoms with E-state index in [-0.39, 0.29) is 18.0 Å². The van der Waals surface area contributed by atoms with Crippen LogP contribution in [0.4, 0.5) is 10.5 Å². The van der Waals surface area contributed by atoms with Gasteiger partial charge in [0.05, 0.1) is 16.6 Å². The van der Waals surface area contributed by atoms with Crippen LogP contribution < -0.4 is 0 Å². The van der Waals surface area contributed by atoms with Crippen molar-refractivity contribution in [2.75, 3.05) is 0 Å². The Bertz CT molecular complexity index is 934. The van der Waals surface area contributed by atoms with Crippen LogP contribution in [0.15, 0.2) is 53.1 Å². The number of aromatic nitrogens is 1. The Labute approximate surface area is 144 Å². The Morgan fingerprint density at radius 1 is 1.25 bits per heavy atom. The van der Waals surface area contributed by atoms with Crippen LogP contribution in [-0.4, -0.2) is 20.7 Å². The molecule has 0 bridgehead atoms. The molecule has 1 N–H and O–H groups in total. The first-order valence-corrected chi connectivity index (χ1v) is 7.65. The number of non-ortho nitro benzene ring substituents is 1. The summed E-state index contributed by atoms with van der Waals surface area (Å²) in [6.45, 7) is -0.0339. The number of ether oxygens (including phenoxy) is 1. The number of hydrogen-bond acceptors (Lipinski definition) is 5. The fraction of sp³-hybridized carbons (Fsp3) is 0.0625. The molecule has 3 rings (SSSR count). The molecular weight excluding hydrogens is 380 g/mol. The van der Waals surface area contributed by atoms with Crippen LogP contribution in [0.1, 0.15) is 5.56 Å². The molecule has 0 fully saturated rings. The number of halogens is 1. The summed E-state index contributed by atoms with van der Waals surface area (Å²) in [5.74, 6) is -0.0291. The molecule has 0 radical (unpaired) electrons. The van der Waals surface area contributed by atoms with Crippen molar-refractivity contribution in [3.8, 4) is 5.75 Å². The van der Waals surface area contributed by atoms with Gasteiger partial charge in [0, 0.05) is 22.0 Å². The highest BCUT2D eigenvalue weighted by Crippen LogP contribution is 2.29. The largest absolute Gasteiger partial charge is 0.506 e. The molecule has 0 aliphatic heterocycles. The van der Waals surface area contributed by atoms with E-state index in [1.165, 1.54) is 35.0 Å². The highest BCUT2D eigenvalue weighted by molar-refractivity contribution is 9.10. The molecule has 0 atom stereocenters. The summed E-state index contributed by atoms with van der Waals surface area (Å²) in [5.41, 5.74) is 1.11. The first-order valence-electron chi connectivity index (χ1n) is 6.86. The zero-order valence-corrected chi connectivity index (χ0v) is 13.8. The van der Waals surface area contributed by atoms with Crippen molar-refractivity contribution >= 4 is 38.6 Å². The molecule has 0 aliphatic carbocycles. The Balaban J connectivity index is 1.77. The van der Waals surface area contributed by atoms with Crippen LogP contribution >= 0.6 is 15.9 Å². The second-order valence-electron chi connectivity index (χ2n) is 5.02. The predicted molar refractivity (Wildman–Crippen MR) is 90.0 cm³/mol. The van der Waals surface area contributed by atoms with E-state index in [9.17, 15) is 20.0 Å². The number of hydrogen-bond donors (Lipinski definition) is 1. The molecule has 1 heterocycles. The average molecular weight is 391 g/mol. The van der Waals surface area contributed by atoms with Crippen molar-refractivity contribution in [2.24, 2.45) is 0 Å². The first kappa shape index (κ1) is 16.0. The summed E-state index contributed by atoms with van der Waals surface area (Å²) in [6, 6.07) is 10.9. The van der Waals surface area contributed by atoms with Crippen LogP contribution in [0.25, 0.3) is 10.9 Å². The number of nitrogens with zero attached hydrogens (tertiary/aromatic N) is 2. The number of rotatable bonds is 3. The van der Waals surface area contributed by atoms with Crippen LogP contribution in [0.2, 0.25) is 0 Å². The lowest BCUT2D eigenvalue weighted by molar-refractivity contribution is -0.384. The van der Waals surface area contributed by atoms with Gasteiger partial charge >= 0.3 is 6.09 Å². The Morgan fingerprint density at radius 2 is 1.96 bits per heavy atom. The van der Waals surface area contributed by atoms with E-state index in [2.05, 4.69) is 15.9 Å². The summed E-state index contributed by atoms with van der Waals surface area (Å²) in [5, 5.41) is 21.0. The maximum Gasteiger partial charge on any atom is 0.418 e. The molecule has 0 spiro atoms. The lowest BCUT2D eigenvalue weighted by Gasteiger charge is -2.06. The molecule has 0 saturated carbocycles. The summed E-state index contributed by atoms with van der Waals surface area (Å²) in [7, 11) is 0. The topological polar surface area (TPSA) is 94.6 Å². The van der Waals surface area contributed by atoms with Gasteiger partial charge in [0.2, 0.25) is 0 Å². The van der Waals surface area contributed by atoms with Crippen LogP contribution in [0.5, 0.6) is 5.75 Å². The van der Waals surface area contributed by atoms with Gasteiger partial charge in [-0.15, -0.1) is 0 Å². The first-order chi connectivity index (χ1) is 11.5. The smallest absolute Gasteiger partial charge is 0.418 e. The Morgan fingerprint density at radius 3 is 2.62 bits per heavy atom. The molecule has 0 saturated heterocycles. The van der Waals surface area contributed by atoms with Crippen molar-refractivity contribution < 1.29 is 19.6 Å². The van der Waals surface area contributed by atoms with Crippen molar-refractivity contribution in [3.63, 3.8) is 0 Å². The minimum Gasteiger partial charge on any atom is -0.506 e. The van der Waals surface area contributed by atoms with Crippen LogP contribution in [0.3, 0.4) is 0 Å². The molecule has 0 amide bonds. The second-order valence-corrected chi connectivity index (χ2v) is 5.94. The van der Waals surface area contributed by atoms with Crippen molar-refractivity contribution in [2.45, 2.75) is 6.61 Å². The molecule has 1 aromatic heterocycles. The van der Waals surface area contributed by atoms with Gasteiger partial charge < -0.3 is 9.84 Å². The molecule has 2 aromatic carbocycles. The number of carbonyl (C=O) groups is 1. The fourth-order valence-electron chi connectivity index (χ4n) is 2.26. The molecule has 7 nitrogen and oxygen atoms in total. The SMILES string of the molecule is O=C(OCc1ccc([N+](=O)[O-])cc1)n1cc(O)c2cc(Br)ccc21. The number of fused-ring (bicyclic) bond motifs is 1. The van der Waals surface area contributed by atoms with E-state index in [4.69, 9.17) is 4.74 Å². The minimum absolute atomic E-state index is 0.0291. The van der Waals surface area contributed by atoms with Gasteiger partial charge in [-0.1, -0.05) is 15.9 Å². The van der Waals surface area contributed by atoms with E-state index in [0.29, 0.717) is 16.5 Å².